The quantitative estimate of drug-likeness (QED) is 0.614. The van der Waals surface area contributed by atoms with Gasteiger partial charge in [0.15, 0.2) is 0 Å². The maximum absolute atomic E-state index is 12.3. The highest BCUT2D eigenvalue weighted by atomic mass is 35.5. The van der Waals surface area contributed by atoms with Gasteiger partial charge in [-0.05, 0) is 35.4 Å². The summed E-state index contributed by atoms with van der Waals surface area (Å²) in [6, 6.07) is 17.6. The van der Waals surface area contributed by atoms with Gasteiger partial charge in [0.1, 0.15) is 6.10 Å². The van der Waals surface area contributed by atoms with Gasteiger partial charge < -0.3 is 10.1 Å². The third kappa shape index (κ3) is 6.10. The molecule has 2 aromatic heterocycles. The lowest BCUT2D eigenvalue weighted by Crippen LogP contribution is -2.44. The molecule has 1 N–H and O–H groups in total. The molecular weight excluding hydrogens is 412 g/mol. The zero-order valence-corrected chi connectivity index (χ0v) is 18.0. The molecule has 0 saturated carbocycles. The second-order valence-corrected chi connectivity index (χ2v) is 7.96. The number of morpholine rings is 1. The molecule has 1 aliphatic heterocycles. The van der Waals surface area contributed by atoms with Crippen LogP contribution in [0.5, 0.6) is 0 Å². The molecule has 4 rings (SSSR count). The highest BCUT2D eigenvalue weighted by Crippen LogP contribution is 2.22. The zero-order chi connectivity index (χ0) is 21.5. The molecule has 1 aliphatic rings. The summed E-state index contributed by atoms with van der Waals surface area (Å²) in [7, 11) is 0. The number of aromatic nitrogens is 2. The molecule has 1 amide bonds. The number of nitrogens with one attached hydrogen (secondary N) is 1. The van der Waals surface area contributed by atoms with Gasteiger partial charge >= 0.3 is 0 Å². The van der Waals surface area contributed by atoms with E-state index in [4.69, 9.17) is 16.3 Å². The number of nitrogens with zero attached hydrogens (tertiary/aromatic N) is 3. The first-order valence-electron chi connectivity index (χ1n) is 10.4. The fraction of sp³-hybridized carbons (Fsp3) is 0.292. The first kappa shape index (κ1) is 21.4. The smallest absolute Gasteiger partial charge is 0.234 e. The van der Waals surface area contributed by atoms with Crippen molar-refractivity contribution in [1.82, 2.24) is 20.2 Å². The Labute approximate surface area is 187 Å². The van der Waals surface area contributed by atoms with E-state index in [1.165, 1.54) is 0 Å². The van der Waals surface area contributed by atoms with Crippen LogP contribution in [0.4, 0.5) is 0 Å². The van der Waals surface area contributed by atoms with Crippen LogP contribution in [-0.4, -0.2) is 47.0 Å². The van der Waals surface area contributed by atoms with Gasteiger partial charge in [0.05, 0.1) is 31.1 Å². The largest absolute Gasteiger partial charge is 0.369 e. The second kappa shape index (κ2) is 10.5. The maximum atomic E-state index is 12.3. The number of hydrogen-bond donors (Lipinski definition) is 1. The first-order chi connectivity index (χ1) is 15.2. The number of carbonyl (C=O) groups excluding carboxylic acids is 1. The average molecular weight is 437 g/mol. The zero-order valence-electron chi connectivity index (χ0n) is 17.2. The van der Waals surface area contributed by atoms with E-state index in [1.807, 2.05) is 54.7 Å². The molecule has 0 unspecified atom stereocenters. The minimum atomic E-state index is -0.147. The molecule has 0 bridgehead atoms. The predicted molar refractivity (Wildman–Crippen MR) is 120 cm³/mol. The van der Waals surface area contributed by atoms with Crippen molar-refractivity contribution in [1.29, 1.82) is 0 Å². The molecule has 7 heteroatoms. The van der Waals surface area contributed by atoms with Gasteiger partial charge in [-0.2, -0.15) is 0 Å². The summed E-state index contributed by atoms with van der Waals surface area (Å²) in [6.45, 7) is 2.69. The Morgan fingerprint density at radius 3 is 2.77 bits per heavy atom. The minimum Gasteiger partial charge on any atom is -0.369 e. The lowest BCUT2D eigenvalue weighted by atomic mass is 10.1. The summed E-state index contributed by atoms with van der Waals surface area (Å²) >= 11 is 6.26. The molecule has 0 spiro atoms. The van der Waals surface area contributed by atoms with E-state index in [0.29, 0.717) is 26.2 Å². The van der Waals surface area contributed by atoms with Crippen LogP contribution in [0.25, 0.3) is 0 Å². The minimum absolute atomic E-state index is 0.0191. The van der Waals surface area contributed by atoms with E-state index in [2.05, 4.69) is 26.3 Å². The Bertz CT molecular complexity index is 998. The van der Waals surface area contributed by atoms with Crippen molar-refractivity contribution in [3.8, 4) is 0 Å². The standard InChI is InChI=1S/C24H25ClN4O2/c25-21-7-2-1-5-19(21)13-18-8-9-22(27-14-18)23-16-29(11-12-31-23)17-24(30)28-15-20-6-3-4-10-26-20/h1-10,14,23H,11-13,15-17H2,(H,28,30)/t23-/m0/s1. The van der Waals surface area contributed by atoms with E-state index in [-0.39, 0.29) is 12.0 Å². The second-order valence-electron chi connectivity index (χ2n) is 7.55. The van der Waals surface area contributed by atoms with Gasteiger partial charge in [0, 0.05) is 36.9 Å². The molecule has 1 aromatic carbocycles. The van der Waals surface area contributed by atoms with E-state index >= 15 is 0 Å². The van der Waals surface area contributed by atoms with E-state index in [1.54, 1.807) is 6.20 Å². The van der Waals surface area contributed by atoms with Crippen molar-refractivity contribution in [2.45, 2.75) is 19.1 Å². The van der Waals surface area contributed by atoms with Gasteiger partial charge in [-0.25, -0.2) is 0 Å². The van der Waals surface area contributed by atoms with Crippen molar-refractivity contribution >= 4 is 17.5 Å². The molecule has 0 aliphatic carbocycles. The molecule has 1 atom stereocenters. The molecule has 31 heavy (non-hydrogen) atoms. The monoisotopic (exact) mass is 436 g/mol. The summed E-state index contributed by atoms with van der Waals surface area (Å²) in [5.74, 6) is -0.0191. The third-order valence-corrected chi connectivity index (χ3v) is 5.61. The van der Waals surface area contributed by atoms with Gasteiger partial charge in [-0.3, -0.25) is 19.7 Å². The fourth-order valence-corrected chi connectivity index (χ4v) is 3.77. The van der Waals surface area contributed by atoms with Gasteiger partial charge in [-0.1, -0.05) is 41.9 Å². The first-order valence-corrected chi connectivity index (χ1v) is 10.7. The third-order valence-electron chi connectivity index (χ3n) is 5.24. The van der Waals surface area contributed by atoms with Crippen molar-refractivity contribution in [3.63, 3.8) is 0 Å². The van der Waals surface area contributed by atoms with Crippen LogP contribution in [-0.2, 0) is 22.5 Å². The van der Waals surface area contributed by atoms with E-state index < -0.39 is 0 Å². The average Bonchev–Trinajstić information content (AvgIpc) is 2.81. The van der Waals surface area contributed by atoms with Crippen molar-refractivity contribution in [2.75, 3.05) is 26.2 Å². The van der Waals surface area contributed by atoms with E-state index in [9.17, 15) is 4.79 Å². The van der Waals surface area contributed by atoms with Gasteiger partial charge in [-0.15, -0.1) is 0 Å². The van der Waals surface area contributed by atoms with Crippen LogP contribution < -0.4 is 5.32 Å². The van der Waals surface area contributed by atoms with Crippen LogP contribution in [0, 0.1) is 0 Å². The highest BCUT2D eigenvalue weighted by molar-refractivity contribution is 6.31. The lowest BCUT2D eigenvalue weighted by Gasteiger charge is -2.32. The Morgan fingerprint density at radius 1 is 1.13 bits per heavy atom. The summed E-state index contributed by atoms with van der Waals surface area (Å²) in [6.07, 6.45) is 4.19. The molecular formula is C24H25ClN4O2. The number of carbonyl (C=O) groups is 1. The van der Waals surface area contributed by atoms with Crippen LogP contribution in [0.1, 0.15) is 28.6 Å². The molecule has 1 fully saturated rings. The Balaban J connectivity index is 1.29. The number of amides is 1. The maximum Gasteiger partial charge on any atom is 0.234 e. The van der Waals surface area contributed by atoms with Crippen LogP contribution in [0.15, 0.2) is 67.0 Å². The number of halogens is 1. The Kier molecular flexibility index (Phi) is 7.25. The van der Waals surface area contributed by atoms with Crippen molar-refractivity contribution in [2.24, 2.45) is 0 Å². The van der Waals surface area contributed by atoms with Gasteiger partial charge in [0.25, 0.3) is 0 Å². The predicted octanol–water partition coefficient (Wildman–Crippen LogP) is 3.41. The molecule has 1 saturated heterocycles. The summed E-state index contributed by atoms with van der Waals surface area (Å²) in [5, 5.41) is 3.69. The van der Waals surface area contributed by atoms with Gasteiger partial charge in [0.2, 0.25) is 5.91 Å². The van der Waals surface area contributed by atoms with Crippen molar-refractivity contribution in [3.05, 3.63) is 94.5 Å². The molecule has 0 radical (unpaired) electrons. The number of rotatable bonds is 7. The van der Waals surface area contributed by atoms with Crippen LogP contribution in [0.3, 0.4) is 0 Å². The summed E-state index contributed by atoms with van der Waals surface area (Å²) in [4.78, 5) is 23.3. The van der Waals surface area contributed by atoms with Crippen LogP contribution >= 0.6 is 11.6 Å². The molecule has 3 aromatic rings. The SMILES string of the molecule is O=C(CN1CCO[C@H](c2ccc(Cc3ccccc3Cl)cn2)C1)NCc1ccccn1. The number of hydrogen-bond acceptors (Lipinski definition) is 5. The Hall–Kier alpha value is -2.80. The number of benzene rings is 1. The molecule has 160 valence electrons. The lowest BCUT2D eigenvalue weighted by molar-refractivity contribution is -0.124. The fourth-order valence-electron chi connectivity index (χ4n) is 3.57. The number of ether oxygens (including phenoxy) is 1. The Morgan fingerprint density at radius 2 is 2.00 bits per heavy atom. The highest BCUT2D eigenvalue weighted by Gasteiger charge is 2.24. The number of pyridine rings is 2. The van der Waals surface area contributed by atoms with Crippen LogP contribution in [0.2, 0.25) is 5.02 Å². The topological polar surface area (TPSA) is 67.4 Å². The summed E-state index contributed by atoms with van der Waals surface area (Å²) < 4.78 is 5.92. The van der Waals surface area contributed by atoms with Crippen molar-refractivity contribution < 1.29 is 9.53 Å². The molecule has 3 heterocycles. The summed E-state index contributed by atoms with van der Waals surface area (Å²) in [5.41, 5.74) is 3.90. The van der Waals surface area contributed by atoms with E-state index in [0.717, 1.165) is 40.5 Å². The molecule has 6 nitrogen and oxygen atoms in total. The normalized spacial score (nSPS) is 16.7.